The van der Waals surface area contributed by atoms with E-state index in [-0.39, 0.29) is 37.4 Å². The van der Waals surface area contributed by atoms with E-state index in [0.717, 1.165) is 6.42 Å². The summed E-state index contributed by atoms with van der Waals surface area (Å²) in [4.78, 5) is 40.3. The molecule has 0 aromatic rings. The molecule has 156 valence electrons. The van der Waals surface area contributed by atoms with Crippen LogP contribution in [0.5, 0.6) is 0 Å². The third-order valence-corrected chi connectivity index (χ3v) is 4.18. The number of hydrogen-bond acceptors (Lipinski definition) is 7. The van der Waals surface area contributed by atoms with Crippen LogP contribution in [0.25, 0.3) is 0 Å². The molecule has 1 heterocycles. The summed E-state index contributed by atoms with van der Waals surface area (Å²) < 4.78 is 5.08. The van der Waals surface area contributed by atoms with Crippen LogP contribution in [-0.4, -0.2) is 59.5 Å². The summed E-state index contributed by atoms with van der Waals surface area (Å²) in [5.74, 6) is -0.670. The maximum Gasteiger partial charge on any atom is 0.328 e. The molecule has 12 heteroatoms. The molecular weight excluding hydrogens is 380 g/mol. The molecule has 11 nitrogen and oxygen atoms in total. The molecule has 1 fully saturated rings. The molecule has 1 rings (SSSR count). The minimum atomic E-state index is -0.805. The molecule has 3 atom stereocenters. The van der Waals surface area contributed by atoms with Gasteiger partial charge in [-0.25, -0.2) is 19.9 Å². The number of carbonyl (C=O) groups excluding carboxylic acids is 2. The van der Waals surface area contributed by atoms with Crippen LogP contribution in [0.3, 0.4) is 0 Å². The number of nitro groups is 1. The van der Waals surface area contributed by atoms with E-state index in [1.807, 2.05) is 6.92 Å². The number of rotatable bonds is 8. The van der Waals surface area contributed by atoms with Crippen molar-refractivity contribution < 1.29 is 19.4 Å². The van der Waals surface area contributed by atoms with Gasteiger partial charge in [-0.2, -0.15) is 0 Å². The van der Waals surface area contributed by atoms with Crippen LogP contribution >= 0.6 is 12.4 Å². The average molecular weight is 409 g/mol. The molecule has 1 saturated heterocycles. The lowest BCUT2D eigenvalue weighted by Gasteiger charge is -2.38. The van der Waals surface area contributed by atoms with Crippen molar-refractivity contribution in [1.82, 2.24) is 10.3 Å². The maximum absolute atomic E-state index is 12.6. The first-order valence-corrected chi connectivity index (χ1v) is 8.69. The first kappa shape index (κ1) is 24.9. The standard InChI is InChI=1S/C15H28N6O5.ClH/c1-3-26-14(23)12-9-10(2)6-8-20(12)13(22)11(16)5-4-7-18-15(17)19-21(24)25;/h10-12H,3-9,16H2,1-2H3,(H3,17,18,19);1H/t10-,11+,12+;/m0./s1. The normalized spacial score (nSPS) is 21.0. The van der Waals surface area contributed by atoms with Gasteiger partial charge in [-0.3, -0.25) is 4.79 Å². The van der Waals surface area contributed by atoms with Gasteiger partial charge < -0.3 is 21.1 Å². The Hall–Kier alpha value is -2.14. The Morgan fingerprint density at radius 3 is 2.74 bits per heavy atom. The van der Waals surface area contributed by atoms with E-state index in [9.17, 15) is 19.7 Å². The third kappa shape index (κ3) is 8.39. The lowest BCUT2D eigenvalue weighted by Crippen LogP contribution is -2.55. The Morgan fingerprint density at radius 1 is 1.48 bits per heavy atom. The number of esters is 1. The summed E-state index contributed by atoms with van der Waals surface area (Å²) in [6.07, 6.45) is 2.13. The van der Waals surface area contributed by atoms with Crippen LogP contribution in [0.4, 0.5) is 0 Å². The van der Waals surface area contributed by atoms with Gasteiger partial charge in [0.05, 0.1) is 12.6 Å². The van der Waals surface area contributed by atoms with Crippen LogP contribution in [0, 0.1) is 16.0 Å². The fraction of sp³-hybridized carbons (Fsp3) is 0.800. The smallest absolute Gasteiger partial charge is 0.328 e. The van der Waals surface area contributed by atoms with Crippen molar-refractivity contribution in [2.24, 2.45) is 22.4 Å². The third-order valence-electron chi connectivity index (χ3n) is 4.18. The zero-order valence-corrected chi connectivity index (χ0v) is 16.4. The topological polar surface area (TPSA) is 166 Å². The first-order chi connectivity index (χ1) is 12.3. The van der Waals surface area contributed by atoms with Gasteiger partial charge in [0.1, 0.15) is 6.04 Å². The van der Waals surface area contributed by atoms with Gasteiger partial charge in [-0.15, -0.1) is 12.4 Å². The number of likely N-dealkylation sites (tertiary alicyclic amines) is 1. The van der Waals surface area contributed by atoms with Crippen LogP contribution in [-0.2, 0) is 14.3 Å². The Balaban J connectivity index is 0.00000676. The van der Waals surface area contributed by atoms with Gasteiger partial charge >= 0.3 is 5.97 Å². The van der Waals surface area contributed by atoms with Crippen molar-refractivity contribution in [1.29, 1.82) is 0 Å². The molecule has 0 bridgehead atoms. The molecule has 0 aliphatic carbocycles. The van der Waals surface area contributed by atoms with Gasteiger partial charge in [-0.05, 0) is 38.5 Å². The number of amides is 1. The summed E-state index contributed by atoms with van der Waals surface area (Å²) in [6, 6.07) is -1.38. The summed E-state index contributed by atoms with van der Waals surface area (Å²) in [7, 11) is 0. The molecule has 0 unspecified atom stereocenters. The van der Waals surface area contributed by atoms with Crippen molar-refractivity contribution in [3.8, 4) is 0 Å². The van der Waals surface area contributed by atoms with Crippen molar-refractivity contribution in [3.05, 3.63) is 10.1 Å². The SMILES string of the molecule is CCOC(=O)[C@H]1C[C@@H](C)CCN1C(=O)[C@H](N)CCCN=C(N)N[N+](=O)[O-].Cl. The number of aliphatic imine (C=N–C) groups is 1. The lowest BCUT2D eigenvalue weighted by atomic mass is 9.91. The van der Waals surface area contributed by atoms with E-state index in [1.54, 1.807) is 12.3 Å². The molecule has 0 spiro atoms. The molecule has 5 N–H and O–H groups in total. The number of piperidine rings is 1. The van der Waals surface area contributed by atoms with Crippen LogP contribution in [0.1, 0.15) is 39.5 Å². The molecule has 0 aromatic carbocycles. The molecule has 0 radical (unpaired) electrons. The number of nitrogens with zero attached hydrogens (tertiary/aromatic N) is 3. The molecule has 1 amide bonds. The second-order valence-corrected chi connectivity index (χ2v) is 6.31. The summed E-state index contributed by atoms with van der Waals surface area (Å²) in [5, 5.41) is 9.39. The Bertz CT molecular complexity index is 547. The molecule has 0 aromatic heterocycles. The largest absolute Gasteiger partial charge is 0.464 e. The molecule has 27 heavy (non-hydrogen) atoms. The predicted molar refractivity (Wildman–Crippen MR) is 102 cm³/mol. The van der Waals surface area contributed by atoms with Gasteiger partial charge in [-0.1, -0.05) is 12.3 Å². The van der Waals surface area contributed by atoms with E-state index < -0.39 is 23.1 Å². The Morgan fingerprint density at radius 2 is 2.15 bits per heavy atom. The number of nitrogens with one attached hydrogen (secondary N) is 1. The fourth-order valence-electron chi connectivity index (χ4n) is 2.84. The highest BCUT2D eigenvalue weighted by Gasteiger charge is 2.37. The Kier molecular flexibility index (Phi) is 11.3. The average Bonchev–Trinajstić information content (AvgIpc) is 2.57. The number of carbonyl (C=O) groups is 2. The quantitative estimate of drug-likeness (QED) is 0.124. The zero-order valence-electron chi connectivity index (χ0n) is 15.6. The zero-order chi connectivity index (χ0) is 19.7. The van der Waals surface area contributed by atoms with Gasteiger partial charge in [0.25, 0.3) is 5.96 Å². The molecule has 1 aliphatic heterocycles. The predicted octanol–water partition coefficient (Wildman–Crippen LogP) is -0.198. The van der Waals surface area contributed by atoms with E-state index in [2.05, 4.69) is 4.99 Å². The number of nitrogens with two attached hydrogens (primary N) is 2. The van der Waals surface area contributed by atoms with Crippen LogP contribution in [0.2, 0.25) is 0 Å². The summed E-state index contributed by atoms with van der Waals surface area (Å²) in [6.45, 7) is 4.69. The highest BCUT2D eigenvalue weighted by atomic mass is 35.5. The van der Waals surface area contributed by atoms with E-state index in [1.165, 1.54) is 4.90 Å². The minimum Gasteiger partial charge on any atom is -0.464 e. The van der Waals surface area contributed by atoms with E-state index in [0.29, 0.717) is 31.7 Å². The number of halogens is 1. The highest BCUT2D eigenvalue weighted by Crippen LogP contribution is 2.24. The van der Waals surface area contributed by atoms with Crippen LogP contribution < -0.4 is 16.9 Å². The maximum atomic E-state index is 12.6. The summed E-state index contributed by atoms with van der Waals surface area (Å²) in [5.41, 5.74) is 13.0. The van der Waals surface area contributed by atoms with E-state index >= 15 is 0 Å². The lowest BCUT2D eigenvalue weighted by molar-refractivity contribution is -0.525. The Labute approximate surface area is 164 Å². The second-order valence-electron chi connectivity index (χ2n) is 6.31. The van der Waals surface area contributed by atoms with Crippen LogP contribution in [0.15, 0.2) is 4.99 Å². The molecular formula is C15H29ClN6O5. The van der Waals surface area contributed by atoms with Crippen molar-refractivity contribution in [3.63, 3.8) is 0 Å². The number of hydrogen-bond donors (Lipinski definition) is 3. The molecule has 0 saturated carbocycles. The van der Waals surface area contributed by atoms with Gasteiger partial charge in [0.2, 0.25) is 5.91 Å². The first-order valence-electron chi connectivity index (χ1n) is 8.69. The number of ether oxygens (including phenoxy) is 1. The number of guanidine groups is 1. The van der Waals surface area contributed by atoms with Crippen molar-refractivity contribution in [2.45, 2.75) is 51.6 Å². The number of hydrazine groups is 1. The monoisotopic (exact) mass is 408 g/mol. The minimum absolute atomic E-state index is 0. The van der Waals surface area contributed by atoms with Gasteiger partial charge in [0, 0.05) is 13.1 Å². The van der Waals surface area contributed by atoms with Crippen molar-refractivity contribution in [2.75, 3.05) is 19.7 Å². The van der Waals surface area contributed by atoms with Gasteiger partial charge in [0.15, 0.2) is 5.03 Å². The highest BCUT2D eigenvalue weighted by molar-refractivity contribution is 5.87. The van der Waals surface area contributed by atoms with Crippen molar-refractivity contribution >= 4 is 30.2 Å². The summed E-state index contributed by atoms with van der Waals surface area (Å²) >= 11 is 0. The fourth-order valence-corrected chi connectivity index (χ4v) is 2.84. The second kappa shape index (κ2) is 12.3. The molecule has 1 aliphatic rings. The van der Waals surface area contributed by atoms with E-state index in [4.69, 9.17) is 16.2 Å².